The summed E-state index contributed by atoms with van der Waals surface area (Å²) in [4.78, 5) is 0. The van der Waals surface area contributed by atoms with Crippen molar-refractivity contribution in [1.29, 1.82) is 0 Å². The molecule has 0 spiro atoms. The summed E-state index contributed by atoms with van der Waals surface area (Å²) in [5, 5.41) is 4.30. The number of nitrogens with one attached hydrogen (secondary N) is 1. The third kappa shape index (κ3) is 2.22. The Kier molecular flexibility index (Phi) is 3.23. The van der Waals surface area contributed by atoms with Crippen LogP contribution in [0.3, 0.4) is 0 Å². The SMILES string of the molecule is CCn1cc(C(NN)c2ccc3c(c2)CCO3)cn1. The Labute approximate surface area is 112 Å². The van der Waals surface area contributed by atoms with Crippen LogP contribution >= 0.6 is 0 Å². The Bertz CT molecular complexity index is 579. The highest BCUT2D eigenvalue weighted by Crippen LogP contribution is 2.30. The lowest BCUT2D eigenvalue weighted by Gasteiger charge is -2.15. The first-order valence-corrected chi connectivity index (χ1v) is 6.56. The van der Waals surface area contributed by atoms with Crippen LogP contribution in [0.1, 0.15) is 29.7 Å². The van der Waals surface area contributed by atoms with E-state index in [4.69, 9.17) is 10.6 Å². The van der Waals surface area contributed by atoms with Crippen molar-refractivity contribution in [3.05, 3.63) is 47.3 Å². The smallest absolute Gasteiger partial charge is 0.122 e. The van der Waals surface area contributed by atoms with Gasteiger partial charge in [-0.05, 0) is 24.1 Å². The molecule has 1 unspecified atom stereocenters. The first-order valence-electron chi connectivity index (χ1n) is 6.56. The van der Waals surface area contributed by atoms with Crippen molar-refractivity contribution in [1.82, 2.24) is 15.2 Å². The normalized spacial score (nSPS) is 15.1. The number of benzene rings is 1. The van der Waals surface area contributed by atoms with Crippen molar-refractivity contribution < 1.29 is 4.74 Å². The number of hydrogen-bond acceptors (Lipinski definition) is 4. The van der Waals surface area contributed by atoms with E-state index in [9.17, 15) is 0 Å². The third-order valence-corrected chi connectivity index (χ3v) is 3.52. The molecule has 1 atom stereocenters. The topological polar surface area (TPSA) is 65.1 Å². The minimum Gasteiger partial charge on any atom is -0.493 e. The summed E-state index contributed by atoms with van der Waals surface area (Å²) in [6.07, 6.45) is 4.85. The fourth-order valence-electron chi connectivity index (χ4n) is 2.47. The van der Waals surface area contributed by atoms with Crippen LogP contribution in [-0.4, -0.2) is 16.4 Å². The van der Waals surface area contributed by atoms with Gasteiger partial charge in [0.15, 0.2) is 0 Å². The molecule has 0 saturated carbocycles. The van der Waals surface area contributed by atoms with E-state index < -0.39 is 0 Å². The maximum atomic E-state index is 5.71. The van der Waals surface area contributed by atoms with E-state index in [1.54, 1.807) is 0 Å². The summed E-state index contributed by atoms with van der Waals surface area (Å²) in [6.45, 7) is 3.69. The number of rotatable bonds is 4. The number of fused-ring (bicyclic) bond motifs is 1. The summed E-state index contributed by atoms with van der Waals surface area (Å²) < 4.78 is 7.42. The average molecular weight is 258 g/mol. The fourth-order valence-corrected chi connectivity index (χ4v) is 2.47. The molecular weight excluding hydrogens is 240 g/mol. The van der Waals surface area contributed by atoms with Crippen LogP contribution < -0.4 is 16.0 Å². The van der Waals surface area contributed by atoms with Gasteiger partial charge in [0.1, 0.15) is 5.75 Å². The molecule has 2 aromatic rings. The van der Waals surface area contributed by atoms with E-state index in [2.05, 4.69) is 29.6 Å². The molecule has 0 bridgehead atoms. The Morgan fingerprint density at radius 3 is 3.11 bits per heavy atom. The molecule has 0 radical (unpaired) electrons. The molecule has 1 aromatic carbocycles. The van der Waals surface area contributed by atoms with Crippen molar-refractivity contribution in [3.8, 4) is 5.75 Å². The highest BCUT2D eigenvalue weighted by atomic mass is 16.5. The molecule has 5 nitrogen and oxygen atoms in total. The third-order valence-electron chi connectivity index (χ3n) is 3.52. The number of hydrogen-bond donors (Lipinski definition) is 2. The summed E-state index contributed by atoms with van der Waals surface area (Å²) in [7, 11) is 0. The van der Waals surface area contributed by atoms with Gasteiger partial charge in [-0.15, -0.1) is 0 Å². The quantitative estimate of drug-likeness (QED) is 0.642. The average Bonchev–Trinajstić information content (AvgIpc) is 3.07. The van der Waals surface area contributed by atoms with Gasteiger partial charge in [0, 0.05) is 24.7 Å². The largest absolute Gasteiger partial charge is 0.493 e. The van der Waals surface area contributed by atoms with Crippen LogP contribution in [0.2, 0.25) is 0 Å². The van der Waals surface area contributed by atoms with Gasteiger partial charge < -0.3 is 4.74 Å². The summed E-state index contributed by atoms with van der Waals surface area (Å²) in [5.74, 6) is 6.70. The molecule has 3 rings (SSSR count). The molecule has 0 fully saturated rings. The van der Waals surface area contributed by atoms with Crippen LogP contribution in [0.25, 0.3) is 0 Å². The second-order valence-corrected chi connectivity index (χ2v) is 4.69. The van der Waals surface area contributed by atoms with E-state index in [1.165, 1.54) is 5.56 Å². The van der Waals surface area contributed by atoms with Crippen LogP contribution in [0.15, 0.2) is 30.6 Å². The van der Waals surface area contributed by atoms with Gasteiger partial charge in [0.25, 0.3) is 0 Å². The molecule has 100 valence electrons. The van der Waals surface area contributed by atoms with Crippen LogP contribution in [0.5, 0.6) is 5.75 Å². The second-order valence-electron chi connectivity index (χ2n) is 4.69. The number of ether oxygens (including phenoxy) is 1. The van der Waals surface area contributed by atoms with Gasteiger partial charge in [-0.2, -0.15) is 5.10 Å². The Morgan fingerprint density at radius 2 is 2.37 bits per heavy atom. The van der Waals surface area contributed by atoms with Crippen LogP contribution in [0.4, 0.5) is 0 Å². The number of aromatic nitrogens is 2. The molecule has 1 aliphatic rings. The van der Waals surface area contributed by atoms with Gasteiger partial charge in [-0.3, -0.25) is 10.5 Å². The summed E-state index contributed by atoms with van der Waals surface area (Å²) in [6, 6.07) is 6.20. The van der Waals surface area contributed by atoms with Gasteiger partial charge >= 0.3 is 0 Å². The van der Waals surface area contributed by atoms with Crippen molar-refractivity contribution in [2.45, 2.75) is 25.9 Å². The second kappa shape index (κ2) is 5.03. The predicted molar refractivity (Wildman–Crippen MR) is 72.7 cm³/mol. The van der Waals surface area contributed by atoms with Crippen molar-refractivity contribution in [2.24, 2.45) is 5.84 Å². The first kappa shape index (κ1) is 12.2. The maximum Gasteiger partial charge on any atom is 0.122 e. The standard InChI is InChI=1S/C14H18N4O/c1-2-18-9-12(8-16-18)14(17-15)11-3-4-13-10(7-11)5-6-19-13/h3-4,7-9,14,17H,2,5-6,15H2,1H3. The van der Waals surface area contributed by atoms with Crippen LogP contribution in [0, 0.1) is 0 Å². The highest BCUT2D eigenvalue weighted by molar-refractivity contribution is 5.42. The predicted octanol–water partition coefficient (Wildman–Crippen LogP) is 1.39. The van der Waals surface area contributed by atoms with Crippen molar-refractivity contribution in [2.75, 3.05) is 6.61 Å². The Hall–Kier alpha value is -1.85. The Morgan fingerprint density at radius 1 is 1.47 bits per heavy atom. The van der Waals surface area contributed by atoms with Gasteiger partial charge in [0.05, 0.1) is 18.8 Å². The number of nitrogens with zero attached hydrogens (tertiary/aromatic N) is 2. The lowest BCUT2D eigenvalue weighted by molar-refractivity contribution is 0.357. The van der Waals surface area contributed by atoms with E-state index in [0.717, 1.165) is 36.4 Å². The molecule has 19 heavy (non-hydrogen) atoms. The number of hydrazine groups is 1. The maximum absolute atomic E-state index is 5.71. The Balaban J connectivity index is 1.93. The monoisotopic (exact) mass is 258 g/mol. The van der Waals surface area contributed by atoms with Crippen LogP contribution in [-0.2, 0) is 13.0 Å². The molecule has 0 amide bonds. The van der Waals surface area contributed by atoms with E-state index in [-0.39, 0.29) is 6.04 Å². The molecule has 0 aliphatic carbocycles. The van der Waals surface area contributed by atoms with Gasteiger partial charge in [-0.25, -0.2) is 5.43 Å². The minimum atomic E-state index is -0.0359. The van der Waals surface area contributed by atoms with E-state index >= 15 is 0 Å². The van der Waals surface area contributed by atoms with Gasteiger partial charge in [-0.1, -0.05) is 12.1 Å². The highest BCUT2D eigenvalue weighted by Gasteiger charge is 2.18. The fraction of sp³-hybridized carbons (Fsp3) is 0.357. The van der Waals surface area contributed by atoms with E-state index in [1.807, 2.05) is 23.1 Å². The number of nitrogens with two attached hydrogens (primary N) is 1. The van der Waals surface area contributed by atoms with Crippen molar-refractivity contribution >= 4 is 0 Å². The lowest BCUT2D eigenvalue weighted by Crippen LogP contribution is -2.28. The molecule has 2 heterocycles. The number of aryl methyl sites for hydroxylation is 1. The first-order chi connectivity index (χ1) is 9.31. The summed E-state index contributed by atoms with van der Waals surface area (Å²) >= 11 is 0. The molecule has 1 aliphatic heterocycles. The van der Waals surface area contributed by atoms with Crippen molar-refractivity contribution in [3.63, 3.8) is 0 Å². The van der Waals surface area contributed by atoms with E-state index in [0.29, 0.717) is 0 Å². The zero-order valence-corrected chi connectivity index (χ0v) is 11.0. The van der Waals surface area contributed by atoms with Gasteiger partial charge in [0.2, 0.25) is 0 Å². The lowest BCUT2D eigenvalue weighted by atomic mass is 9.99. The minimum absolute atomic E-state index is 0.0359. The molecule has 0 saturated heterocycles. The summed E-state index contributed by atoms with van der Waals surface area (Å²) in [5.41, 5.74) is 6.33. The zero-order valence-electron chi connectivity index (χ0n) is 11.0. The molecular formula is C14H18N4O. The zero-order chi connectivity index (χ0) is 13.2. The molecule has 3 N–H and O–H groups in total. The molecule has 1 aromatic heterocycles. The molecule has 5 heteroatoms.